The van der Waals surface area contributed by atoms with Crippen LogP contribution in [-0.2, 0) is 16.6 Å². The Morgan fingerprint density at radius 2 is 1.84 bits per heavy atom. The Morgan fingerprint density at radius 3 is 2.41 bits per heavy atom. The van der Waals surface area contributed by atoms with Gasteiger partial charge in [0.1, 0.15) is 22.6 Å². The van der Waals surface area contributed by atoms with Crippen molar-refractivity contribution in [1.29, 1.82) is 5.26 Å². The zero-order chi connectivity index (χ0) is 26.9. The van der Waals surface area contributed by atoms with Gasteiger partial charge in [0.15, 0.2) is 0 Å². The van der Waals surface area contributed by atoms with E-state index in [1.165, 1.54) is 12.1 Å². The highest BCUT2D eigenvalue weighted by Crippen LogP contribution is 2.35. The van der Waals surface area contributed by atoms with Gasteiger partial charge in [0, 0.05) is 55.5 Å². The van der Waals surface area contributed by atoms with Crippen LogP contribution >= 0.6 is 23.2 Å². The molecule has 0 aliphatic heterocycles. The van der Waals surface area contributed by atoms with Gasteiger partial charge in [0.2, 0.25) is 10.0 Å². The predicted molar refractivity (Wildman–Crippen MR) is 145 cm³/mol. The maximum Gasteiger partial charge on any atom is 0.243 e. The first kappa shape index (κ1) is 26.9. The summed E-state index contributed by atoms with van der Waals surface area (Å²) in [7, 11) is -0.339. The second kappa shape index (κ2) is 10.7. The first-order valence-corrected chi connectivity index (χ1v) is 13.6. The van der Waals surface area contributed by atoms with Gasteiger partial charge >= 0.3 is 0 Å². The van der Waals surface area contributed by atoms with Gasteiger partial charge in [-0.1, -0.05) is 30.1 Å². The minimum absolute atomic E-state index is 0.0183. The molecule has 4 aromatic rings. The third kappa shape index (κ3) is 5.58. The van der Waals surface area contributed by atoms with Gasteiger partial charge in [-0.2, -0.15) is 5.26 Å². The number of nitrogens with one attached hydrogen (secondary N) is 1. The zero-order valence-electron chi connectivity index (χ0n) is 20.3. The normalized spacial score (nSPS) is 12.5. The second-order valence-corrected chi connectivity index (χ2v) is 11.2. The minimum Gasteiger partial charge on any atom is -0.363 e. The average molecular weight is 560 g/mol. The summed E-state index contributed by atoms with van der Waals surface area (Å²) in [4.78, 5) is 6.03. The molecule has 1 unspecified atom stereocenters. The summed E-state index contributed by atoms with van der Waals surface area (Å²) in [6.07, 6.45) is 3.70. The maximum absolute atomic E-state index is 13.7. The Balaban J connectivity index is 1.62. The largest absolute Gasteiger partial charge is 0.363 e. The number of anilines is 1. The lowest BCUT2D eigenvalue weighted by molar-refractivity contribution is 0.491. The molecule has 0 spiro atoms. The summed E-state index contributed by atoms with van der Waals surface area (Å²) < 4.78 is 44.9. The van der Waals surface area contributed by atoms with Crippen LogP contribution in [-0.4, -0.2) is 38.1 Å². The maximum atomic E-state index is 13.7. The first-order valence-electron chi connectivity index (χ1n) is 11.4. The highest BCUT2D eigenvalue weighted by atomic mass is 35.5. The molecule has 2 aromatic heterocycles. The van der Waals surface area contributed by atoms with E-state index in [4.69, 9.17) is 23.2 Å². The molecule has 0 saturated carbocycles. The molecule has 11 heteroatoms. The molecule has 0 radical (unpaired) electrons. The third-order valence-electron chi connectivity index (χ3n) is 6.00. The summed E-state index contributed by atoms with van der Waals surface area (Å²) in [6.45, 7) is 2.05. The molecule has 192 valence electrons. The van der Waals surface area contributed by atoms with Crippen molar-refractivity contribution in [2.45, 2.75) is 30.8 Å². The summed E-state index contributed by atoms with van der Waals surface area (Å²) in [6, 6.07) is 12.5. The van der Waals surface area contributed by atoms with Crippen LogP contribution < -0.4 is 9.62 Å². The molecule has 0 aliphatic carbocycles. The minimum atomic E-state index is -4.10. The Bertz CT molecular complexity index is 1590. The van der Waals surface area contributed by atoms with Crippen molar-refractivity contribution < 1.29 is 12.8 Å². The highest BCUT2D eigenvalue weighted by molar-refractivity contribution is 7.89. The van der Waals surface area contributed by atoms with Gasteiger partial charge in [-0.3, -0.25) is 0 Å². The first-order chi connectivity index (χ1) is 17.5. The average Bonchev–Trinajstić information content (AvgIpc) is 3.19. The van der Waals surface area contributed by atoms with Crippen molar-refractivity contribution in [3.8, 4) is 17.2 Å². The topological polar surface area (TPSA) is 91.0 Å². The molecule has 0 aliphatic rings. The highest BCUT2D eigenvalue weighted by Gasteiger charge is 2.26. The molecule has 0 bridgehead atoms. The fourth-order valence-electron chi connectivity index (χ4n) is 4.08. The van der Waals surface area contributed by atoms with Crippen LogP contribution in [0.3, 0.4) is 0 Å². The molecular weight excluding hydrogens is 536 g/mol. The van der Waals surface area contributed by atoms with Gasteiger partial charge in [-0.25, -0.2) is 22.5 Å². The molecule has 2 heterocycles. The van der Waals surface area contributed by atoms with Gasteiger partial charge in [0.05, 0.1) is 15.6 Å². The lowest BCUT2D eigenvalue weighted by atomic mass is 10.1. The molecule has 0 saturated heterocycles. The van der Waals surface area contributed by atoms with Crippen LogP contribution in [0.2, 0.25) is 10.0 Å². The van der Waals surface area contributed by atoms with Crippen molar-refractivity contribution in [3.63, 3.8) is 0 Å². The number of pyridine rings is 1. The smallest absolute Gasteiger partial charge is 0.243 e. The molecular formula is C26H24Cl2FN5O2S. The van der Waals surface area contributed by atoms with Crippen molar-refractivity contribution in [3.05, 3.63) is 76.3 Å². The number of benzene rings is 2. The van der Waals surface area contributed by atoms with Crippen molar-refractivity contribution in [2.75, 3.05) is 19.0 Å². The quantitative estimate of drug-likeness (QED) is 0.292. The SMILES string of the molecule is CCC(Cn1cc(C#N)c2cc(F)ccc21)NS(=O)(=O)c1c(Cl)cc(-c2ccc(N(C)C)nc2)cc1Cl. The Morgan fingerprint density at radius 1 is 1.14 bits per heavy atom. The van der Waals surface area contributed by atoms with Crippen LogP contribution in [0.4, 0.5) is 10.2 Å². The van der Waals surface area contributed by atoms with Crippen LogP contribution in [0, 0.1) is 17.1 Å². The van der Waals surface area contributed by atoms with Crippen LogP contribution in [0.15, 0.2) is 59.8 Å². The number of fused-ring (bicyclic) bond motifs is 1. The van der Waals surface area contributed by atoms with Gasteiger partial charge in [-0.05, 0) is 54.4 Å². The van der Waals surface area contributed by atoms with E-state index in [2.05, 4.69) is 15.8 Å². The Labute approximate surface area is 225 Å². The number of sulfonamides is 1. The summed E-state index contributed by atoms with van der Waals surface area (Å²) >= 11 is 12.9. The van der Waals surface area contributed by atoms with Crippen molar-refractivity contribution >= 4 is 49.9 Å². The second-order valence-electron chi connectivity index (χ2n) is 8.76. The van der Waals surface area contributed by atoms with E-state index in [1.807, 2.05) is 38.1 Å². The van der Waals surface area contributed by atoms with Gasteiger partial charge in [0.25, 0.3) is 0 Å². The summed E-state index contributed by atoms with van der Waals surface area (Å²) in [5.41, 5.74) is 2.31. The monoisotopic (exact) mass is 559 g/mol. The fourth-order valence-corrected chi connectivity index (χ4v) is 6.61. The van der Waals surface area contributed by atoms with E-state index >= 15 is 0 Å². The Hall–Kier alpha value is -3.16. The van der Waals surface area contributed by atoms with Crippen LogP contribution in [0.5, 0.6) is 0 Å². The lowest BCUT2D eigenvalue weighted by Crippen LogP contribution is -2.37. The van der Waals surface area contributed by atoms with E-state index in [0.29, 0.717) is 28.5 Å². The van der Waals surface area contributed by atoms with E-state index < -0.39 is 21.9 Å². The summed E-state index contributed by atoms with van der Waals surface area (Å²) in [5.74, 6) is 0.323. The number of halogens is 3. The number of hydrogen-bond donors (Lipinski definition) is 1. The van der Waals surface area contributed by atoms with Crippen molar-refractivity contribution in [2.24, 2.45) is 0 Å². The number of nitriles is 1. The number of hydrogen-bond acceptors (Lipinski definition) is 5. The van der Waals surface area contributed by atoms with Crippen LogP contribution in [0.25, 0.3) is 22.0 Å². The third-order valence-corrected chi connectivity index (χ3v) is 8.44. The number of nitrogens with zero attached hydrogens (tertiary/aromatic N) is 4. The molecule has 1 atom stereocenters. The molecule has 0 amide bonds. The molecule has 37 heavy (non-hydrogen) atoms. The molecule has 1 N–H and O–H groups in total. The van der Waals surface area contributed by atoms with E-state index in [9.17, 15) is 18.1 Å². The number of rotatable bonds is 8. The van der Waals surface area contributed by atoms with Crippen LogP contribution in [0.1, 0.15) is 18.9 Å². The van der Waals surface area contributed by atoms with Gasteiger partial charge < -0.3 is 9.47 Å². The van der Waals surface area contributed by atoms with E-state index in [0.717, 1.165) is 11.4 Å². The lowest BCUT2D eigenvalue weighted by Gasteiger charge is -2.20. The number of aromatic nitrogens is 2. The van der Waals surface area contributed by atoms with E-state index in [1.54, 1.807) is 35.2 Å². The van der Waals surface area contributed by atoms with Crippen molar-refractivity contribution in [1.82, 2.24) is 14.3 Å². The summed E-state index contributed by atoms with van der Waals surface area (Å²) in [5, 5.41) is 9.87. The molecule has 7 nitrogen and oxygen atoms in total. The predicted octanol–water partition coefficient (Wildman–Crippen LogP) is 5.84. The molecule has 0 fully saturated rings. The fraction of sp³-hybridized carbons (Fsp3) is 0.231. The Kier molecular flexibility index (Phi) is 7.76. The van der Waals surface area contributed by atoms with Gasteiger partial charge in [-0.15, -0.1) is 0 Å². The van der Waals surface area contributed by atoms with E-state index in [-0.39, 0.29) is 21.5 Å². The molecule has 4 rings (SSSR count). The zero-order valence-corrected chi connectivity index (χ0v) is 22.7. The molecule has 2 aromatic carbocycles. The standard InChI is InChI=1S/C26H24Cl2FN5O2S/c1-4-20(15-34-14-18(12-30)21-11-19(29)6-7-24(21)34)32-37(35,36)26-22(27)9-17(10-23(26)28)16-5-8-25(31-13-16)33(2)3/h5-11,13-14,20,32H,4,15H2,1-3H3.